The van der Waals surface area contributed by atoms with E-state index in [0.717, 1.165) is 29.7 Å². The van der Waals surface area contributed by atoms with E-state index >= 15 is 0 Å². The van der Waals surface area contributed by atoms with Crippen LogP contribution in [0.4, 0.5) is 11.4 Å². The van der Waals surface area contributed by atoms with E-state index in [4.69, 9.17) is 11.6 Å². The van der Waals surface area contributed by atoms with Crippen LogP contribution in [0.1, 0.15) is 50.7 Å². The zero-order valence-electron chi connectivity index (χ0n) is 19.1. The first-order valence-corrected chi connectivity index (χ1v) is 11.5. The minimum atomic E-state index is -0.166. The molecule has 3 aromatic carbocycles. The topological polar surface area (TPSA) is 52.7 Å². The highest BCUT2D eigenvalue weighted by Gasteiger charge is 2.28. The summed E-state index contributed by atoms with van der Waals surface area (Å²) in [7, 11) is 4.10. The first-order chi connectivity index (χ1) is 15.8. The van der Waals surface area contributed by atoms with Crippen LogP contribution in [-0.4, -0.2) is 37.4 Å². The number of halogens is 1. The Hall–Kier alpha value is -3.15. The van der Waals surface area contributed by atoms with Crippen LogP contribution in [0.5, 0.6) is 0 Å². The van der Waals surface area contributed by atoms with Crippen LogP contribution in [0.25, 0.3) is 0 Å². The lowest BCUT2D eigenvalue weighted by atomic mass is 10.0. The van der Waals surface area contributed by atoms with E-state index < -0.39 is 0 Å². The highest BCUT2D eigenvalue weighted by molar-refractivity contribution is 6.30. The number of carbonyl (C=O) groups is 2. The van der Waals surface area contributed by atoms with Crippen molar-refractivity contribution in [1.29, 1.82) is 0 Å². The Bertz CT molecular complexity index is 1170. The lowest BCUT2D eigenvalue weighted by Crippen LogP contribution is -2.31. The standard InChI is InChI=1S/C27H28ClN3O2/c1-18-7-4-5-8-22(18)26(32)29-21-13-10-19(11-14-21)27(33)31-16-6-9-24(30(2)3)23-17-20(28)12-15-25(23)31/h4-5,7-8,10-15,17,24H,6,9,16H2,1-3H3,(H,29,32). The number of benzene rings is 3. The molecule has 0 saturated carbocycles. The molecule has 33 heavy (non-hydrogen) atoms. The zero-order valence-corrected chi connectivity index (χ0v) is 19.9. The summed E-state index contributed by atoms with van der Waals surface area (Å²) < 4.78 is 0. The molecule has 1 unspecified atom stereocenters. The van der Waals surface area contributed by atoms with E-state index in [-0.39, 0.29) is 17.9 Å². The van der Waals surface area contributed by atoms with Gasteiger partial charge in [-0.25, -0.2) is 0 Å². The Labute approximate surface area is 200 Å². The molecule has 1 aliphatic rings. The maximum Gasteiger partial charge on any atom is 0.258 e. The van der Waals surface area contributed by atoms with Gasteiger partial charge in [0.2, 0.25) is 0 Å². The summed E-state index contributed by atoms with van der Waals surface area (Å²) in [5, 5.41) is 3.58. The van der Waals surface area contributed by atoms with Gasteiger partial charge in [-0.15, -0.1) is 0 Å². The van der Waals surface area contributed by atoms with Crippen molar-refractivity contribution in [2.45, 2.75) is 25.8 Å². The normalized spacial score (nSPS) is 15.7. The minimum absolute atomic E-state index is 0.0604. The van der Waals surface area contributed by atoms with Gasteiger partial charge in [0, 0.05) is 40.1 Å². The van der Waals surface area contributed by atoms with Crippen molar-refractivity contribution in [3.8, 4) is 0 Å². The SMILES string of the molecule is Cc1ccccc1C(=O)Nc1ccc(C(=O)N2CCCC(N(C)C)c3cc(Cl)ccc32)cc1. The van der Waals surface area contributed by atoms with Crippen molar-refractivity contribution in [2.75, 3.05) is 30.9 Å². The number of amides is 2. The minimum Gasteiger partial charge on any atom is -0.322 e. The van der Waals surface area contributed by atoms with Crippen molar-refractivity contribution < 1.29 is 9.59 Å². The monoisotopic (exact) mass is 461 g/mol. The van der Waals surface area contributed by atoms with Gasteiger partial charge in [-0.1, -0.05) is 29.8 Å². The fourth-order valence-corrected chi connectivity index (χ4v) is 4.56. The van der Waals surface area contributed by atoms with Crippen LogP contribution in [0.2, 0.25) is 5.02 Å². The molecule has 2 amide bonds. The molecule has 0 saturated heterocycles. The molecule has 3 aromatic rings. The van der Waals surface area contributed by atoms with Crippen LogP contribution >= 0.6 is 11.6 Å². The number of anilines is 2. The first kappa shape index (κ1) is 23.0. The van der Waals surface area contributed by atoms with Gasteiger partial charge in [0.25, 0.3) is 11.8 Å². The Morgan fingerprint density at radius 2 is 1.76 bits per heavy atom. The smallest absolute Gasteiger partial charge is 0.258 e. The molecule has 4 rings (SSSR count). The Kier molecular flexibility index (Phi) is 6.82. The molecule has 0 radical (unpaired) electrons. The van der Waals surface area contributed by atoms with E-state index in [1.807, 2.05) is 48.2 Å². The highest BCUT2D eigenvalue weighted by atomic mass is 35.5. The number of rotatable bonds is 4. The second kappa shape index (κ2) is 9.77. The highest BCUT2D eigenvalue weighted by Crippen LogP contribution is 2.37. The van der Waals surface area contributed by atoms with Gasteiger partial charge in [-0.2, -0.15) is 0 Å². The molecule has 170 valence electrons. The van der Waals surface area contributed by atoms with Gasteiger partial charge < -0.3 is 15.1 Å². The summed E-state index contributed by atoms with van der Waals surface area (Å²) in [4.78, 5) is 30.1. The van der Waals surface area contributed by atoms with Gasteiger partial charge in [0.15, 0.2) is 0 Å². The third-order valence-corrected chi connectivity index (χ3v) is 6.38. The number of carbonyl (C=O) groups excluding carboxylic acids is 2. The second-order valence-corrected chi connectivity index (χ2v) is 9.06. The molecule has 0 fully saturated rings. The molecule has 6 heteroatoms. The molecule has 1 atom stereocenters. The second-order valence-electron chi connectivity index (χ2n) is 8.63. The Morgan fingerprint density at radius 3 is 2.45 bits per heavy atom. The zero-order chi connectivity index (χ0) is 23.5. The van der Waals surface area contributed by atoms with Crippen LogP contribution in [0.3, 0.4) is 0 Å². The maximum atomic E-state index is 13.5. The lowest BCUT2D eigenvalue weighted by Gasteiger charge is -2.27. The van der Waals surface area contributed by atoms with Crippen molar-refractivity contribution in [3.05, 3.63) is 94.0 Å². The van der Waals surface area contributed by atoms with Crippen LogP contribution < -0.4 is 10.2 Å². The maximum absolute atomic E-state index is 13.5. The van der Waals surface area contributed by atoms with Gasteiger partial charge in [0.1, 0.15) is 0 Å². The van der Waals surface area contributed by atoms with Crippen LogP contribution in [0, 0.1) is 6.92 Å². The van der Waals surface area contributed by atoms with Gasteiger partial charge >= 0.3 is 0 Å². The van der Waals surface area contributed by atoms with Crippen molar-refractivity contribution in [3.63, 3.8) is 0 Å². The fourth-order valence-electron chi connectivity index (χ4n) is 4.38. The molecule has 1 aliphatic heterocycles. The Balaban J connectivity index is 1.56. The summed E-state index contributed by atoms with van der Waals surface area (Å²) in [5.41, 5.74) is 4.74. The number of fused-ring (bicyclic) bond motifs is 1. The number of aryl methyl sites for hydroxylation is 1. The van der Waals surface area contributed by atoms with Crippen molar-refractivity contribution >= 4 is 34.8 Å². The summed E-state index contributed by atoms with van der Waals surface area (Å²) in [6, 6.07) is 20.5. The molecular weight excluding hydrogens is 434 g/mol. The summed E-state index contributed by atoms with van der Waals surface area (Å²) >= 11 is 6.30. The summed E-state index contributed by atoms with van der Waals surface area (Å²) in [5.74, 6) is -0.227. The van der Waals surface area contributed by atoms with E-state index in [1.165, 1.54) is 0 Å². The molecule has 0 bridgehead atoms. The van der Waals surface area contributed by atoms with Crippen molar-refractivity contribution in [1.82, 2.24) is 4.90 Å². The predicted octanol–water partition coefficient (Wildman–Crippen LogP) is 5.94. The molecule has 0 aromatic heterocycles. The molecule has 0 spiro atoms. The van der Waals surface area contributed by atoms with Gasteiger partial charge in [0.05, 0.1) is 0 Å². The number of hydrogen-bond acceptors (Lipinski definition) is 3. The van der Waals surface area contributed by atoms with Crippen LogP contribution in [0.15, 0.2) is 66.7 Å². The lowest BCUT2D eigenvalue weighted by molar-refractivity contribution is 0.0985. The predicted molar refractivity (Wildman–Crippen MR) is 134 cm³/mol. The number of nitrogens with one attached hydrogen (secondary N) is 1. The quantitative estimate of drug-likeness (QED) is 0.522. The van der Waals surface area contributed by atoms with Crippen molar-refractivity contribution in [2.24, 2.45) is 0 Å². The molecule has 1 N–H and O–H groups in total. The van der Waals surface area contributed by atoms with Crippen LogP contribution in [-0.2, 0) is 0 Å². The fraction of sp³-hybridized carbons (Fsp3) is 0.259. The van der Waals surface area contributed by atoms with E-state index in [1.54, 1.807) is 30.3 Å². The van der Waals surface area contributed by atoms with E-state index in [9.17, 15) is 9.59 Å². The summed E-state index contributed by atoms with van der Waals surface area (Å²) in [6.45, 7) is 2.55. The van der Waals surface area contributed by atoms with Gasteiger partial charge in [-0.3, -0.25) is 9.59 Å². The van der Waals surface area contributed by atoms with E-state index in [2.05, 4.69) is 24.3 Å². The molecule has 5 nitrogen and oxygen atoms in total. The van der Waals surface area contributed by atoms with Gasteiger partial charge in [-0.05, 0) is 93.5 Å². The number of nitrogens with zero attached hydrogens (tertiary/aromatic N) is 2. The van der Waals surface area contributed by atoms with E-state index in [0.29, 0.717) is 28.4 Å². The average molecular weight is 462 g/mol. The largest absolute Gasteiger partial charge is 0.322 e. The first-order valence-electron chi connectivity index (χ1n) is 11.1. The summed E-state index contributed by atoms with van der Waals surface area (Å²) in [6.07, 6.45) is 1.85. The Morgan fingerprint density at radius 1 is 1.03 bits per heavy atom. The number of hydrogen-bond donors (Lipinski definition) is 1. The average Bonchev–Trinajstić information content (AvgIpc) is 2.98. The third-order valence-electron chi connectivity index (χ3n) is 6.15. The molecule has 1 heterocycles. The molecule has 0 aliphatic carbocycles. The molecular formula is C27H28ClN3O2. The third kappa shape index (κ3) is 4.95.